The smallest absolute Gasteiger partial charge is 0.255 e. The number of aromatic amines is 1. The minimum atomic E-state index is -0.130. The van der Waals surface area contributed by atoms with E-state index in [2.05, 4.69) is 20.5 Å². The van der Waals surface area contributed by atoms with Gasteiger partial charge >= 0.3 is 0 Å². The van der Waals surface area contributed by atoms with E-state index in [1.54, 1.807) is 12.4 Å². The third kappa shape index (κ3) is 2.25. The van der Waals surface area contributed by atoms with Gasteiger partial charge in [0.05, 0.1) is 11.8 Å². The zero-order valence-corrected chi connectivity index (χ0v) is 8.90. The summed E-state index contributed by atoms with van der Waals surface area (Å²) in [7, 11) is 0. The van der Waals surface area contributed by atoms with Crippen molar-refractivity contribution in [1.29, 1.82) is 0 Å². The Bertz CT molecular complexity index is 478. The van der Waals surface area contributed by atoms with Gasteiger partial charge in [0, 0.05) is 24.6 Å². The molecule has 2 aromatic heterocycles. The van der Waals surface area contributed by atoms with Crippen LogP contribution < -0.4 is 5.32 Å². The second-order valence-electron chi connectivity index (χ2n) is 3.45. The van der Waals surface area contributed by atoms with Gasteiger partial charge in [-0.25, -0.2) is 0 Å². The summed E-state index contributed by atoms with van der Waals surface area (Å²) >= 11 is 0. The molecule has 0 atom stereocenters. The van der Waals surface area contributed by atoms with Crippen molar-refractivity contribution in [3.8, 4) is 0 Å². The SMILES string of the molecule is Cc1[nH]ncc1C(=O)NCc1cccnc1. The summed E-state index contributed by atoms with van der Waals surface area (Å²) in [5.74, 6) is -0.130. The number of nitrogens with zero attached hydrogens (tertiary/aromatic N) is 2. The lowest BCUT2D eigenvalue weighted by Crippen LogP contribution is -2.23. The summed E-state index contributed by atoms with van der Waals surface area (Å²) in [6.07, 6.45) is 4.95. The lowest BCUT2D eigenvalue weighted by atomic mass is 10.2. The number of nitrogens with one attached hydrogen (secondary N) is 2. The maximum Gasteiger partial charge on any atom is 0.255 e. The summed E-state index contributed by atoms with van der Waals surface area (Å²) in [5, 5.41) is 9.33. The molecule has 0 aliphatic rings. The topological polar surface area (TPSA) is 70.7 Å². The lowest BCUT2D eigenvalue weighted by molar-refractivity contribution is 0.0950. The van der Waals surface area contributed by atoms with Crippen LogP contribution in [-0.2, 0) is 6.54 Å². The van der Waals surface area contributed by atoms with Crippen molar-refractivity contribution in [2.24, 2.45) is 0 Å². The molecule has 5 nitrogen and oxygen atoms in total. The third-order valence-electron chi connectivity index (χ3n) is 2.25. The first-order valence-electron chi connectivity index (χ1n) is 4.94. The average molecular weight is 216 g/mol. The molecule has 82 valence electrons. The molecule has 0 aliphatic heterocycles. The lowest BCUT2D eigenvalue weighted by Gasteiger charge is -2.03. The highest BCUT2D eigenvalue weighted by atomic mass is 16.1. The number of carbonyl (C=O) groups is 1. The van der Waals surface area contributed by atoms with Crippen LogP contribution >= 0.6 is 0 Å². The summed E-state index contributed by atoms with van der Waals surface area (Å²) in [4.78, 5) is 15.7. The Morgan fingerprint density at radius 1 is 1.50 bits per heavy atom. The molecule has 2 rings (SSSR count). The highest BCUT2D eigenvalue weighted by molar-refractivity contribution is 5.94. The number of rotatable bonds is 3. The molecule has 0 bridgehead atoms. The molecule has 0 aromatic carbocycles. The Kier molecular flexibility index (Phi) is 2.95. The zero-order chi connectivity index (χ0) is 11.4. The van der Waals surface area contributed by atoms with Crippen LogP contribution in [0.3, 0.4) is 0 Å². The van der Waals surface area contributed by atoms with Crippen molar-refractivity contribution >= 4 is 5.91 Å². The quantitative estimate of drug-likeness (QED) is 0.805. The molecule has 0 saturated heterocycles. The Morgan fingerprint density at radius 2 is 2.38 bits per heavy atom. The van der Waals surface area contributed by atoms with Crippen LogP contribution in [-0.4, -0.2) is 21.1 Å². The van der Waals surface area contributed by atoms with E-state index in [1.807, 2.05) is 19.1 Å². The summed E-state index contributed by atoms with van der Waals surface area (Å²) in [6, 6.07) is 3.75. The molecule has 2 aromatic rings. The number of hydrogen-bond donors (Lipinski definition) is 2. The summed E-state index contributed by atoms with van der Waals surface area (Å²) in [6.45, 7) is 2.28. The van der Waals surface area contributed by atoms with Gasteiger partial charge in [-0.05, 0) is 18.6 Å². The minimum absolute atomic E-state index is 0.130. The maximum absolute atomic E-state index is 11.7. The minimum Gasteiger partial charge on any atom is -0.348 e. The molecule has 0 saturated carbocycles. The van der Waals surface area contributed by atoms with E-state index in [9.17, 15) is 4.79 Å². The van der Waals surface area contributed by atoms with Gasteiger partial charge < -0.3 is 5.32 Å². The van der Waals surface area contributed by atoms with Gasteiger partial charge in [-0.15, -0.1) is 0 Å². The first kappa shape index (κ1) is 10.4. The monoisotopic (exact) mass is 216 g/mol. The second kappa shape index (κ2) is 4.57. The van der Waals surface area contributed by atoms with Gasteiger partial charge in [0.2, 0.25) is 0 Å². The van der Waals surface area contributed by atoms with Crippen molar-refractivity contribution in [3.63, 3.8) is 0 Å². The largest absolute Gasteiger partial charge is 0.348 e. The van der Waals surface area contributed by atoms with Gasteiger partial charge in [0.1, 0.15) is 0 Å². The molecule has 5 heteroatoms. The first-order chi connectivity index (χ1) is 7.77. The van der Waals surface area contributed by atoms with Crippen LogP contribution in [0.25, 0.3) is 0 Å². The third-order valence-corrected chi connectivity index (χ3v) is 2.25. The van der Waals surface area contributed by atoms with Gasteiger partial charge in [0.15, 0.2) is 0 Å². The number of aromatic nitrogens is 3. The summed E-state index contributed by atoms with van der Waals surface area (Å²) in [5.41, 5.74) is 2.31. The van der Waals surface area contributed by atoms with Crippen molar-refractivity contribution < 1.29 is 4.79 Å². The molecule has 0 fully saturated rings. The zero-order valence-electron chi connectivity index (χ0n) is 8.90. The van der Waals surface area contributed by atoms with Crippen LogP contribution in [0.2, 0.25) is 0 Å². The molecule has 2 N–H and O–H groups in total. The molecule has 0 spiro atoms. The van der Waals surface area contributed by atoms with Crippen LogP contribution in [0.4, 0.5) is 0 Å². The fourth-order valence-corrected chi connectivity index (χ4v) is 1.36. The fraction of sp³-hybridized carbons (Fsp3) is 0.182. The van der Waals surface area contributed by atoms with Gasteiger partial charge in [-0.3, -0.25) is 14.9 Å². The molecule has 1 amide bonds. The number of hydrogen-bond acceptors (Lipinski definition) is 3. The van der Waals surface area contributed by atoms with Gasteiger partial charge in [0.25, 0.3) is 5.91 Å². The fourth-order valence-electron chi connectivity index (χ4n) is 1.36. The van der Waals surface area contributed by atoms with E-state index in [0.717, 1.165) is 11.3 Å². The molecule has 0 radical (unpaired) electrons. The number of aryl methyl sites for hydroxylation is 1. The summed E-state index contributed by atoms with van der Waals surface area (Å²) < 4.78 is 0. The van der Waals surface area contributed by atoms with Crippen molar-refractivity contribution in [3.05, 3.63) is 47.5 Å². The molecule has 0 unspecified atom stereocenters. The maximum atomic E-state index is 11.7. The van der Waals surface area contributed by atoms with Crippen LogP contribution in [0.1, 0.15) is 21.6 Å². The Balaban J connectivity index is 1.97. The normalized spacial score (nSPS) is 10.1. The van der Waals surface area contributed by atoms with Crippen molar-refractivity contribution in [1.82, 2.24) is 20.5 Å². The highest BCUT2D eigenvalue weighted by Gasteiger charge is 2.09. The van der Waals surface area contributed by atoms with Crippen LogP contribution in [0.5, 0.6) is 0 Å². The van der Waals surface area contributed by atoms with E-state index in [-0.39, 0.29) is 5.91 Å². The van der Waals surface area contributed by atoms with E-state index >= 15 is 0 Å². The predicted octanol–water partition coefficient (Wildman–Crippen LogP) is 1.04. The number of pyridine rings is 1. The number of H-pyrrole nitrogens is 1. The Morgan fingerprint density at radius 3 is 3.00 bits per heavy atom. The Labute approximate surface area is 92.9 Å². The van der Waals surface area contributed by atoms with Gasteiger partial charge in [-0.2, -0.15) is 5.10 Å². The standard InChI is InChI=1S/C11H12N4O/c1-8-10(7-14-15-8)11(16)13-6-9-3-2-4-12-5-9/h2-5,7H,6H2,1H3,(H,13,16)(H,14,15). The van der Waals surface area contributed by atoms with Crippen LogP contribution in [0, 0.1) is 6.92 Å². The van der Waals surface area contributed by atoms with E-state index < -0.39 is 0 Å². The van der Waals surface area contributed by atoms with E-state index in [0.29, 0.717) is 12.1 Å². The van der Waals surface area contributed by atoms with E-state index in [1.165, 1.54) is 6.20 Å². The van der Waals surface area contributed by atoms with Crippen LogP contribution in [0.15, 0.2) is 30.7 Å². The highest BCUT2D eigenvalue weighted by Crippen LogP contribution is 2.02. The molecule has 2 heterocycles. The molecule has 0 aliphatic carbocycles. The first-order valence-corrected chi connectivity index (χ1v) is 4.94. The Hall–Kier alpha value is -2.17. The van der Waals surface area contributed by atoms with E-state index in [4.69, 9.17) is 0 Å². The molecular weight excluding hydrogens is 204 g/mol. The number of carbonyl (C=O) groups excluding carboxylic acids is 1. The van der Waals surface area contributed by atoms with Crippen molar-refractivity contribution in [2.45, 2.75) is 13.5 Å². The van der Waals surface area contributed by atoms with Gasteiger partial charge in [-0.1, -0.05) is 6.07 Å². The van der Waals surface area contributed by atoms with Crippen molar-refractivity contribution in [2.75, 3.05) is 0 Å². The molecular formula is C11H12N4O. The predicted molar refractivity (Wildman–Crippen MR) is 58.7 cm³/mol. The molecule has 16 heavy (non-hydrogen) atoms. The number of amides is 1. The average Bonchev–Trinajstić information content (AvgIpc) is 2.74. The second-order valence-corrected chi connectivity index (χ2v) is 3.45.